The van der Waals surface area contributed by atoms with Crippen molar-refractivity contribution in [3.63, 3.8) is 0 Å². The molecule has 3 amide bonds. The van der Waals surface area contributed by atoms with Crippen molar-refractivity contribution in [3.8, 4) is 0 Å². The largest absolute Gasteiger partial charge is 0.444 e. The standard InChI is InChI=1S/C31H41N5O4/c1-30(2,3)40-29(39)35-31(4,5)28(38)34-26(19-21-20-32-25-14-10-9-13-24(21)25)27(37)36-17-15-23(16-18-36)33-22-11-7-6-8-12-22/h6-14,20,23,26,32-33H,15-19H2,1-5H3,(H,34,38)(H,35,39). The molecule has 1 unspecified atom stereocenters. The number of benzene rings is 2. The number of rotatable bonds is 8. The number of hydrogen-bond acceptors (Lipinski definition) is 5. The van der Waals surface area contributed by atoms with Crippen LogP contribution in [0.3, 0.4) is 0 Å². The van der Waals surface area contributed by atoms with Gasteiger partial charge in [0.05, 0.1) is 0 Å². The van der Waals surface area contributed by atoms with Gasteiger partial charge in [-0.05, 0) is 71.2 Å². The van der Waals surface area contributed by atoms with E-state index in [4.69, 9.17) is 4.74 Å². The van der Waals surface area contributed by atoms with E-state index in [0.717, 1.165) is 35.0 Å². The van der Waals surface area contributed by atoms with Crippen LogP contribution in [0.15, 0.2) is 60.8 Å². The van der Waals surface area contributed by atoms with Crippen LogP contribution >= 0.6 is 0 Å². The number of aromatic nitrogens is 1. The van der Waals surface area contributed by atoms with Crippen LogP contribution in [0.25, 0.3) is 10.9 Å². The first-order valence-corrected chi connectivity index (χ1v) is 13.9. The van der Waals surface area contributed by atoms with Crippen LogP contribution in [0.5, 0.6) is 0 Å². The Hall–Kier alpha value is -4.01. The van der Waals surface area contributed by atoms with Crippen molar-refractivity contribution in [1.82, 2.24) is 20.5 Å². The van der Waals surface area contributed by atoms with Gasteiger partial charge in [-0.1, -0.05) is 36.4 Å². The van der Waals surface area contributed by atoms with Crippen molar-refractivity contribution in [2.45, 2.75) is 77.1 Å². The molecular weight excluding hydrogens is 506 g/mol. The van der Waals surface area contributed by atoms with Gasteiger partial charge in [-0.25, -0.2) is 4.79 Å². The predicted molar refractivity (Wildman–Crippen MR) is 157 cm³/mol. The molecule has 1 saturated heterocycles. The molecule has 0 spiro atoms. The first-order chi connectivity index (χ1) is 18.9. The summed E-state index contributed by atoms with van der Waals surface area (Å²) in [6.07, 6.45) is 3.12. The summed E-state index contributed by atoms with van der Waals surface area (Å²) in [6, 6.07) is 17.4. The van der Waals surface area contributed by atoms with Crippen molar-refractivity contribution in [1.29, 1.82) is 0 Å². The fraction of sp³-hybridized carbons (Fsp3) is 0.452. The lowest BCUT2D eigenvalue weighted by atomic mass is 9.98. The highest BCUT2D eigenvalue weighted by Crippen LogP contribution is 2.22. The van der Waals surface area contributed by atoms with Gasteiger partial charge < -0.3 is 30.6 Å². The Balaban J connectivity index is 1.47. The van der Waals surface area contributed by atoms with Crippen LogP contribution in [-0.2, 0) is 20.7 Å². The number of nitrogens with one attached hydrogen (secondary N) is 4. The van der Waals surface area contributed by atoms with E-state index in [-0.39, 0.29) is 11.9 Å². The monoisotopic (exact) mass is 547 g/mol. The summed E-state index contributed by atoms with van der Waals surface area (Å²) >= 11 is 0. The van der Waals surface area contributed by atoms with Crippen molar-refractivity contribution in [2.24, 2.45) is 0 Å². The Labute approximate surface area is 236 Å². The molecule has 3 aromatic rings. The molecule has 2 heterocycles. The summed E-state index contributed by atoms with van der Waals surface area (Å²) in [7, 11) is 0. The maximum Gasteiger partial charge on any atom is 0.408 e. The second-order valence-electron chi connectivity index (χ2n) is 12.0. The molecule has 0 bridgehead atoms. The number of alkyl carbamates (subject to hydrolysis) is 1. The molecule has 0 radical (unpaired) electrons. The van der Waals surface area contributed by atoms with E-state index in [1.165, 1.54) is 0 Å². The number of carbonyl (C=O) groups excluding carboxylic acids is 3. The Morgan fingerprint density at radius 2 is 1.62 bits per heavy atom. The van der Waals surface area contributed by atoms with Gasteiger partial charge in [-0.15, -0.1) is 0 Å². The number of carbonyl (C=O) groups is 3. The third kappa shape index (κ3) is 7.55. The van der Waals surface area contributed by atoms with Crippen LogP contribution in [0.2, 0.25) is 0 Å². The zero-order chi connectivity index (χ0) is 28.9. The molecule has 0 aliphatic carbocycles. The zero-order valence-electron chi connectivity index (χ0n) is 24.0. The van der Waals surface area contributed by atoms with E-state index in [0.29, 0.717) is 19.5 Å². The maximum absolute atomic E-state index is 13.9. The van der Waals surface area contributed by atoms with E-state index >= 15 is 0 Å². The third-order valence-electron chi connectivity index (χ3n) is 7.03. The van der Waals surface area contributed by atoms with Crippen LogP contribution < -0.4 is 16.0 Å². The molecule has 214 valence electrons. The molecule has 4 N–H and O–H groups in total. The highest BCUT2D eigenvalue weighted by molar-refractivity contribution is 5.94. The van der Waals surface area contributed by atoms with E-state index in [9.17, 15) is 14.4 Å². The smallest absolute Gasteiger partial charge is 0.408 e. The van der Waals surface area contributed by atoms with E-state index in [1.807, 2.05) is 65.7 Å². The molecule has 9 nitrogen and oxygen atoms in total. The molecule has 2 aromatic carbocycles. The topological polar surface area (TPSA) is 116 Å². The van der Waals surface area contributed by atoms with Gasteiger partial charge in [0.2, 0.25) is 11.8 Å². The molecule has 0 saturated carbocycles. The number of nitrogens with zero attached hydrogens (tertiary/aromatic N) is 1. The molecule has 1 aliphatic heterocycles. The van der Waals surface area contributed by atoms with Gasteiger partial charge in [0.1, 0.15) is 17.2 Å². The number of anilines is 1. The zero-order valence-corrected chi connectivity index (χ0v) is 24.0. The Bertz CT molecular complexity index is 1320. The molecule has 9 heteroatoms. The molecular formula is C31H41N5O4. The number of piperidine rings is 1. The number of amides is 3. The second kappa shape index (κ2) is 12.0. The number of aromatic amines is 1. The highest BCUT2D eigenvalue weighted by atomic mass is 16.6. The first-order valence-electron chi connectivity index (χ1n) is 13.9. The van der Waals surface area contributed by atoms with Crippen molar-refractivity contribution < 1.29 is 19.1 Å². The number of para-hydroxylation sites is 2. The second-order valence-corrected chi connectivity index (χ2v) is 12.0. The van der Waals surface area contributed by atoms with Crippen molar-refractivity contribution in [2.75, 3.05) is 18.4 Å². The summed E-state index contributed by atoms with van der Waals surface area (Å²) in [5.74, 6) is -0.595. The van der Waals surface area contributed by atoms with Gasteiger partial charge in [0, 0.05) is 48.3 Å². The molecule has 1 fully saturated rings. The minimum atomic E-state index is -1.30. The lowest BCUT2D eigenvalue weighted by molar-refractivity contribution is -0.138. The normalized spacial score (nSPS) is 15.4. The van der Waals surface area contributed by atoms with Crippen LogP contribution in [0, 0.1) is 0 Å². The van der Waals surface area contributed by atoms with Gasteiger partial charge in [-0.2, -0.15) is 0 Å². The molecule has 40 heavy (non-hydrogen) atoms. The molecule has 1 aliphatic rings. The fourth-order valence-corrected chi connectivity index (χ4v) is 4.91. The van der Waals surface area contributed by atoms with Gasteiger partial charge >= 0.3 is 6.09 Å². The summed E-state index contributed by atoms with van der Waals surface area (Å²) in [6.45, 7) is 9.64. The Morgan fingerprint density at radius 1 is 0.975 bits per heavy atom. The number of fused-ring (bicyclic) bond motifs is 1. The lowest BCUT2D eigenvalue weighted by Gasteiger charge is -2.36. The molecule has 1 aromatic heterocycles. The quantitative estimate of drug-likeness (QED) is 0.329. The number of hydrogen-bond donors (Lipinski definition) is 4. The first kappa shape index (κ1) is 29.0. The lowest BCUT2D eigenvalue weighted by Crippen LogP contribution is -2.60. The number of H-pyrrole nitrogens is 1. The maximum atomic E-state index is 13.9. The molecule has 4 rings (SSSR count). The van der Waals surface area contributed by atoms with Gasteiger partial charge in [-0.3, -0.25) is 9.59 Å². The minimum Gasteiger partial charge on any atom is -0.444 e. The average Bonchev–Trinajstić information content (AvgIpc) is 3.30. The third-order valence-corrected chi connectivity index (χ3v) is 7.03. The molecule has 1 atom stereocenters. The Morgan fingerprint density at radius 3 is 2.30 bits per heavy atom. The summed E-state index contributed by atoms with van der Waals surface area (Å²) in [4.78, 5) is 44.8. The average molecular weight is 548 g/mol. The fourth-order valence-electron chi connectivity index (χ4n) is 4.91. The van der Waals surface area contributed by atoms with Crippen molar-refractivity contribution in [3.05, 3.63) is 66.4 Å². The summed E-state index contributed by atoms with van der Waals surface area (Å²) in [5.41, 5.74) is 0.971. The summed E-state index contributed by atoms with van der Waals surface area (Å²) < 4.78 is 5.34. The van der Waals surface area contributed by atoms with E-state index in [1.54, 1.807) is 34.6 Å². The number of ether oxygens (including phenoxy) is 1. The van der Waals surface area contributed by atoms with Crippen LogP contribution in [-0.4, -0.2) is 64.1 Å². The van der Waals surface area contributed by atoms with Gasteiger partial charge in [0.15, 0.2) is 0 Å². The van der Waals surface area contributed by atoms with Crippen LogP contribution in [0.1, 0.15) is 53.0 Å². The predicted octanol–water partition coefficient (Wildman–Crippen LogP) is 4.60. The van der Waals surface area contributed by atoms with Crippen molar-refractivity contribution >= 4 is 34.5 Å². The van der Waals surface area contributed by atoms with E-state index < -0.39 is 29.2 Å². The minimum absolute atomic E-state index is 0.134. The SMILES string of the molecule is CC(C)(C)OC(=O)NC(C)(C)C(=O)NC(Cc1c[nH]c2ccccc12)C(=O)N1CCC(Nc2ccccc2)CC1. The van der Waals surface area contributed by atoms with Gasteiger partial charge in [0.25, 0.3) is 0 Å². The highest BCUT2D eigenvalue weighted by Gasteiger charge is 2.36. The van der Waals surface area contributed by atoms with E-state index in [2.05, 4.69) is 20.9 Å². The van der Waals surface area contributed by atoms with Crippen LogP contribution in [0.4, 0.5) is 10.5 Å². The summed E-state index contributed by atoms with van der Waals surface area (Å²) in [5, 5.41) is 10.1. The Kier molecular flexibility index (Phi) is 8.71. The number of likely N-dealkylation sites (tertiary alicyclic amines) is 1.